The van der Waals surface area contributed by atoms with Crippen molar-refractivity contribution in [3.8, 4) is 22.4 Å². The molecule has 1 aromatic heterocycles. The van der Waals surface area contributed by atoms with Crippen LogP contribution in [0.5, 0.6) is 0 Å². The first-order valence-electron chi connectivity index (χ1n) is 20.3. The van der Waals surface area contributed by atoms with Gasteiger partial charge >= 0.3 is 11.7 Å². The Hall–Kier alpha value is -2.53. The quantitative estimate of drug-likeness (QED) is 0.128. The van der Waals surface area contributed by atoms with Crippen molar-refractivity contribution in [2.45, 2.75) is 136 Å². The molecule has 0 spiro atoms. The van der Waals surface area contributed by atoms with E-state index in [-0.39, 0.29) is 28.0 Å². The molecule has 0 radical (unpaired) electrons. The summed E-state index contributed by atoms with van der Waals surface area (Å²) in [6.07, 6.45) is 14.3. The van der Waals surface area contributed by atoms with E-state index in [0.717, 1.165) is 36.0 Å². The van der Waals surface area contributed by atoms with Gasteiger partial charge < -0.3 is 0 Å². The zero-order chi connectivity index (χ0) is 35.2. The lowest BCUT2D eigenvalue weighted by Crippen LogP contribution is -2.45. The average molecular weight is 677 g/mol. The molecular weight excluding hydrogens is 613 g/mol. The van der Waals surface area contributed by atoms with Crippen LogP contribution in [0.4, 0.5) is 0 Å². The summed E-state index contributed by atoms with van der Waals surface area (Å²) in [5.41, 5.74) is 9.18. The first-order valence-corrected chi connectivity index (χ1v) is 20.3. The van der Waals surface area contributed by atoms with Crippen molar-refractivity contribution in [1.82, 2.24) is 0 Å². The molecule has 50 heavy (non-hydrogen) atoms. The van der Waals surface area contributed by atoms with Gasteiger partial charge in [-0.1, -0.05) is 91.3 Å². The van der Waals surface area contributed by atoms with Gasteiger partial charge in [0, 0.05) is 34.8 Å². The first kappa shape index (κ1) is 34.6. The van der Waals surface area contributed by atoms with Crippen molar-refractivity contribution < 1.29 is 19.1 Å². The highest BCUT2D eigenvalue weighted by Gasteiger charge is 2.93. The van der Waals surface area contributed by atoms with Crippen molar-refractivity contribution in [3.63, 3.8) is 0 Å². The zero-order valence-corrected chi connectivity index (χ0v) is 32.5. The van der Waals surface area contributed by atoms with Crippen LogP contribution in [0, 0.1) is 41.4 Å². The highest BCUT2D eigenvalue weighted by Crippen LogP contribution is 2.69. The van der Waals surface area contributed by atoms with E-state index in [1.54, 1.807) is 0 Å². The number of hydrogen-bond acceptors (Lipinski definition) is 2. The number of quaternary nitrogens is 1. The second kappa shape index (κ2) is 12.6. The summed E-state index contributed by atoms with van der Waals surface area (Å²) >= 11 is 0. The second-order valence-corrected chi connectivity index (χ2v) is 18.7. The van der Waals surface area contributed by atoms with E-state index in [1.165, 1.54) is 90.4 Å². The Balaban J connectivity index is 1.20. The van der Waals surface area contributed by atoms with Crippen molar-refractivity contribution in [2.24, 2.45) is 41.4 Å². The molecular formula is C46H64N2O2+2. The Kier molecular flexibility index (Phi) is 8.68. The Morgan fingerprint density at radius 2 is 1.42 bits per heavy atom. The van der Waals surface area contributed by atoms with Crippen LogP contribution in [0.25, 0.3) is 22.4 Å². The lowest BCUT2D eigenvalue weighted by atomic mass is 9.70. The average Bonchev–Trinajstić information content (AvgIpc) is 3.55. The number of nitrogens with zero attached hydrogens (tertiary/aromatic N) is 2. The molecule has 3 fully saturated rings. The van der Waals surface area contributed by atoms with E-state index in [2.05, 4.69) is 121 Å². The molecule has 2 aromatic carbocycles. The maximum atomic E-state index is 7.75. The Morgan fingerprint density at radius 1 is 0.760 bits per heavy atom. The topological polar surface area (TPSA) is 22.3 Å². The molecule has 2 aliphatic heterocycles. The SMILES string of the molecule is CCC1CC(C)CC(CC(O[N+]2(OC)C3[n+]4ccccc4-c4c(ccc5c4C(C)(C)c4ccccc4-5)C32C)[C@H](C)CC2CC(C)CC(C)C2)C1. The third-order valence-corrected chi connectivity index (χ3v) is 14.5. The van der Waals surface area contributed by atoms with Crippen molar-refractivity contribution >= 4 is 0 Å². The van der Waals surface area contributed by atoms with E-state index >= 15 is 0 Å². The second-order valence-electron chi connectivity index (χ2n) is 18.7. The van der Waals surface area contributed by atoms with Crippen molar-refractivity contribution in [2.75, 3.05) is 7.11 Å². The van der Waals surface area contributed by atoms with Gasteiger partial charge in [-0.15, -0.1) is 4.57 Å². The molecule has 0 N–H and O–H groups in total. The maximum Gasteiger partial charge on any atom is 0.411 e. The van der Waals surface area contributed by atoms with Crippen molar-refractivity contribution in [3.05, 3.63) is 77.5 Å². The molecule has 5 aliphatic rings. The fourth-order valence-corrected chi connectivity index (χ4v) is 12.5. The van der Waals surface area contributed by atoms with Crippen LogP contribution in [-0.2, 0) is 20.6 Å². The molecule has 268 valence electrons. The summed E-state index contributed by atoms with van der Waals surface area (Å²) < 4.78 is 2.51. The molecule has 3 heterocycles. The minimum absolute atomic E-state index is 0.0271. The Morgan fingerprint density at radius 3 is 2.14 bits per heavy atom. The molecule has 4 nitrogen and oxygen atoms in total. The highest BCUT2D eigenvalue weighted by atomic mass is 17.0. The minimum atomic E-state index is -0.360. The van der Waals surface area contributed by atoms with Crippen LogP contribution < -0.4 is 4.57 Å². The third kappa shape index (κ3) is 5.20. The fourth-order valence-electron chi connectivity index (χ4n) is 12.5. The molecule has 9 unspecified atom stereocenters. The summed E-state index contributed by atoms with van der Waals surface area (Å²) in [6.45, 7) is 19.6. The van der Waals surface area contributed by atoms with E-state index in [1.807, 2.05) is 7.11 Å². The lowest BCUT2D eigenvalue weighted by Gasteiger charge is -2.38. The number of hydrogen-bond donors (Lipinski definition) is 0. The van der Waals surface area contributed by atoms with Crippen LogP contribution in [0.1, 0.15) is 136 Å². The first-order chi connectivity index (χ1) is 23.9. The number of aromatic nitrogens is 1. The van der Waals surface area contributed by atoms with Crippen LogP contribution in [0.3, 0.4) is 0 Å². The van der Waals surface area contributed by atoms with E-state index in [4.69, 9.17) is 9.68 Å². The van der Waals surface area contributed by atoms with Gasteiger partial charge in [0.2, 0.25) is 5.69 Å². The number of pyridine rings is 1. The van der Waals surface area contributed by atoms with Crippen molar-refractivity contribution in [1.29, 1.82) is 0 Å². The van der Waals surface area contributed by atoms with Gasteiger partial charge in [-0.2, -0.15) is 9.68 Å². The minimum Gasteiger partial charge on any atom is -0.164 e. The van der Waals surface area contributed by atoms with Gasteiger partial charge in [-0.05, 0) is 121 Å². The molecule has 3 aromatic rings. The number of hydroxylamine groups is 4. The summed E-state index contributed by atoms with van der Waals surface area (Å²) in [6, 6.07) is 20.6. The number of fused-ring (bicyclic) bond motifs is 10. The predicted octanol–water partition coefficient (Wildman–Crippen LogP) is 11.3. The summed E-state index contributed by atoms with van der Waals surface area (Å²) in [5.74, 6) is 5.26. The number of rotatable bonds is 9. The lowest BCUT2D eigenvalue weighted by molar-refractivity contribution is -1.22. The van der Waals surface area contributed by atoms with Gasteiger partial charge in [0.15, 0.2) is 6.20 Å². The van der Waals surface area contributed by atoms with Crippen LogP contribution >= 0.6 is 0 Å². The fraction of sp³-hybridized carbons (Fsp3) is 0.630. The van der Waals surface area contributed by atoms with Crippen LogP contribution in [0.15, 0.2) is 60.8 Å². The van der Waals surface area contributed by atoms with Gasteiger partial charge in [0.1, 0.15) is 6.10 Å². The third-order valence-electron chi connectivity index (χ3n) is 14.5. The molecule has 1 saturated heterocycles. The van der Waals surface area contributed by atoms with Gasteiger partial charge in [-0.25, -0.2) is 0 Å². The van der Waals surface area contributed by atoms with Gasteiger partial charge in [0.05, 0.1) is 12.7 Å². The molecule has 0 bridgehead atoms. The number of benzene rings is 2. The molecule has 0 amide bonds. The highest BCUT2D eigenvalue weighted by molar-refractivity contribution is 5.89. The van der Waals surface area contributed by atoms with Crippen LogP contribution in [0.2, 0.25) is 0 Å². The van der Waals surface area contributed by atoms with E-state index in [9.17, 15) is 0 Å². The summed E-state index contributed by atoms with van der Waals surface area (Å²) in [4.78, 5) is 14.8. The zero-order valence-electron chi connectivity index (χ0n) is 32.5. The van der Waals surface area contributed by atoms with E-state index in [0.29, 0.717) is 11.8 Å². The smallest absolute Gasteiger partial charge is 0.164 e. The Bertz CT molecular complexity index is 1740. The summed E-state index contributed by atoms with van der Waals surface area (Å²) in [7, 11) is 1.90. The largest absolute Gasteiger partial charge is 0.411 e. The van der Waals surface area contributed by atoms with Gasteiger partial charge in [-0.3, -0.25) is 0 Å². The molecule has 4 heteroatoms. The normalized spacial score (nSPS) is 36.0. The molecule has 10 atom stereocenters. The van der Waals surface area contributed by atoms with E-state index < -0.39 is 0 Å². The Labute approximate surface area is 303 Å². The molecule has 3 aliphatic carbocycles. The maximum absolute atomic E-state index is 7.75. The molecule has 8 rings (SSSR count). The predicted molar refractivity (Wildman–Crippen MR) is 203 cm³/mol. The monoisotopic (exact) mass is 676 g/mol. The van der Waals surface area contributed by atoms with Gasteiger partial charge in [0.25, 0.3) is 0 Å². The van der Waals surface area contributed by atoms with Crippen LogP contribution in [-0.4, -0.2) is 18.0 Å². The standard InChI is InChI=1S/C46H64N2O2/c1-10-33-22-31(4)25-35(27-33)28-41(32(5)26-34-23-29(2)21-30(3)24-34)50-48(49-9)44-46(48,8)39-19-18-37-36-15-11-12-16-38(36)45(6,7)43(37)42(39)40-17-13-14-20-47(40)44/h11-20,29-35,41,44H,10,21-28H2,1-9H3/q+2/t29?,30?,31?,32-,33?,34?,35?,41?,44?,46?,48?/m1/s1. The molecule has 2 saturated carbocycles. The summed E-state index contributed by atoms with van der Waals surface area (Å²) in [5, 5.41) is 0.